The Labute approximate surface area is 133 Å². The molecule has 0 aliphatic rings. The van der Waals surface area contributed by atoms with Gasteiger partial charge >= 0.3 is 6.18 Å². The maximum atomic E-state index is 14.2. The summed E-state index contributed by atoms with van der Waals surface area (Å²) in [4.78, 5) is 0. The van der Waals surface area contributed by atoms with Gasteiger partial charge < -0.3 is 5.11 Å². The highest BCUT2D eigenvalue weighted by Crippen LogP contribution is 2.38. The summed E-state index contributed by atoms with van der Waals surface area (Å²) in [5.74, 6) is -1.46. The number of aliphatic hydroxyl groups is 1. The molecule has 2 aromatic carbocycles. The molecule has 0 saturated carbocycles. The Morgan fingerprint density at radius 3 is 2.18 bits per heavy atom. The second kappa shape index (κ2) is 6.38. The third-order valence-electron chi connectivity index (χ3n) is 3.41. The molecule has 1 unspecified atom stereocenters. The van der Waals surface area contributed by atoms with Crippen LogP contribution in [-0.2, 0) is 12.6 Å². The van der Waals surface area contributed by atoms with Crippen molar-refractivity contribution in [2.24, 2.45) is 0 Å². The number of rotatable bonds is 3. The summed E-state index contributed by atoms with van der Waals surface area (Å²) < 4.78 is 52.7. The standard InChI is InChI=1S/C16H13BrF4O/c1-2-9-3-5-10(6-4-9)15(22)13-12(17)8-7-11(14(13)18)16(19,20)21/h3-8,15,22H,2H2,1H3. The van der Waals surface area contributed by atoms with Gasteiger partial charge in [0.15, 0.2) is 0 Å². The van der Waals surface area contributed by atoms with E-state index in [2.05, 4.69) is 15.9 Å². The zero-order chi connectivity index (χ0) is 16.5. The van der Waals surface area contributed by atoms with Gasteiger partial charge in [0, 0.05) is 10.0 Å². The van der Waals surface area contributed by atoms with Crippen LogP contribution in [0.3, 0.4) is 0 Å². The molecule has 0 heterocycles. The Morgan fingerprint density at radius 1 is 1.09 bits per heavy atom. The fourth-order valence-corrected chi connectivity index (χ4v) is 2.66. The van der Waals surface area contributed by atoms with Crippen LogP contribution in [0.2, 0.25) is 0 Å². The number of hydrogen-bond donors (Lipinski definition) is 1. The highest BCUT2D eigenvalue weighted by molar-refractivity contribution is 9.10. The van der Waals surface area contributed by atoms with Crippen LogP contribution in [0.25, 0.3) is 0 Å². The predicted molar refractivity (Wildman–Crippen MR) is 79.0 cm³/mol. The van der Waals surface area contributed by atoms with Gasteiger partial charge in [-0.15, -0.1) is 0 Å². The molecule has 0 spiro atoms. The number of alkyl halides is 3. The lowest BCUT2D eigenvalue weighted by molar-refractivity contribution is -0.140. The van der Waals surface area contributed by atoms with E-state index in [9.17, 15) is 22.7 Å². The van der Waals surface area contributed by atoms with Crippen LogP contribution in [0.5, 0.6) is 0 Å². The van der Waals surface area contributed by atoms with E-state index in [4.69, 9.17) is 0 Å². The molecular formula is C16H13BrF4O. The first-order valence-corrected chi connectivity index (χ1v) is 7.37. The molecule has 0 aromatic heterocycles. The maximum Gasteiger partial charge on any atom is 0.419 e. The zero-order valence-corrected chi connectivity index (χ0v) is 13.2. The van der Waals surface area contributed by atoms with Gasteiger partial charge in [0.1, 0.15) is 11.9 Å². The third kappa shape index (κ3) is 3.33. The van der Waals surface area contributed by atoms with Gasteiger partial charge in [0.2, 0.25) is 0 Å². The van der Waals surface area contributed by atoms with Crippen LogP contribution in [0.4, 0.5) is 17.6 Å². The van der Waals surface area contributed by atoms with E-state index < -0.39 is 29.2 Å². The van der Waals surface area contributed by atoms with Crippen molar-refractivity contribution >= 4 is 15.9 Å². The first-order chi connectivity index (χ1) is 10.3. The van der Waals surface area contributed by atoms with Crippen LogP contribution >= 0.6 is 15.9 Å². The second-order valence-electron chi connectivity index (χ2n) is 4.82. The topological polar surface area (TPSA) is 20.2 Å². The average molecular weight is 377 g/mol. The highest BCUT2D eigenvalue weighted by Gasteiger charge is 2.36. The third-order valence-corrected chi connectivity index (χ3v) is 4.10. The monoisotopic (exact) mass is 376 g/mol. The zero-order valence-electron chi connectivity index (χ0n) is 11.6. The summed E-state index contributed by atoms with van der Waals surface area (Å²) >= 11 is 3.01. The van der Waals surface area contributed by atoms with E-state index in [1.54, 1.807) is 24.3 Å². The van der Waals surface area contributed by atoms with Gasteiger partial charge in [0.25, 0.3) is 0 Å². The van der Waals surface area contributed by atoms with Crippen molar-refractivity contribution in [3.8, 4) is 0 Å². The summed E-state index contributed by atoms with van der Waals surface area (Å²) in [6.45, 7) is 1.95. The lowest BCUT2D eigenvalue weighted by Crippen LogP contribution is -2.13. The molecule has 1 N–H and O–H groups in total. The molecule has 6 heteroatoms. The molecule has 0 aliphatic carbocycles. The minimum atomic E-state index is -4.81. The summed E-state index contributed by atoms with van der Waals surface area (Å²) in [5.41, 5.74) is -0.468. The van der Waals surface area contributed by atoms with Crippen molar-refractivity contribution in [1.29, 1.82) is 0 Å². The maximum absolute atomic E-state index is 14.2. The molecular weight excluding hydrogens is 364 g/mol. The van der Waals surface area contributed by atoms with Crippen LogP contribution in [0.15, 0.2) is 40.9 Å². The van der Waals surface area contributed by atoms with Crippen LogP contribution in [-0.4, -0.2) is 5.11 Å². The number of hydrogen-bond acceptors (Lipinski definition) is 1. The molecule has 118 valence electrons. The minimum Gasteiger partial charge on any atom is -0.384 e. The molecule has 1 atom stereocenters. The Hall–Kier alpha value is -1.40. The van der Waals surface area contributed by atoms with E-state index in [0.717, 1.165) is 18.1 Å². The van der Waals surface area contributed by atoms with Crippen LogP contribution in [0, 0.1) is 5.82 Å². The normalized spacial score (nSPS) is 13.2. The number of halogens is 5. The van der Waals surface area contributed by atoms with Crippen molar-refractivity contribution < 1.29 is 22.7 Å². The number of aliphatic hydroxyl groups excluding tert-OH is 1. The van der Waals surface area contributed by atoms with Gasteiger partial charge in [-0.3, -0.25) is 0 Å². The van der Waals surface area contributed by atoms with Gasteiger partial charge in [-0.05, 0) is 29.7 Å². The van der Waals surface area contributed by atoms with E-state index in [0.29, 0.717) is 11.6 Å². The van der Waals surface area contributed by atoms with Crippen molar-refractivity contribution in [3.05, 3.63) is 68.9 Å². The van der Waals surface area contributed by atoms with Crippen molar-refractivity contribution in [2.75, 3.05) is 0 Å². The average Bonchev–Trinajstić information content (AvgIpc) is 2.45. The largest absolute Gasteiger partial charge is 0.419 e. The Bertz CT molecular complexity index is 665. The fraction of sp³-hybridized carbons (Fsp3) is 0.250. The molecule has 22 heavy (non-hydrogen) atoms. The quantitative estimate of drug-likeness (QED) is 0.725. The van der Waals surface area contributed by atoms with Crippen molar-refractivity contribution in [1.82, 2.24) is 0 Å². The van der Waals surface area contributed by atoms with Gasteiger partial charge in [-0.1, -0.05) is 47.1 Å². The Morgan fingerprint density at radius 2 is 1.68 bits per heavy atom. The van der Waals surface area contributed by atoms with Crippen LogP contribution < -0.4 is 0 Å². The van der Waals surface area contributed by atoms with Gasteiger partial charge in [-0.25, -0.2) is 4.39 Å². The van der Waals surface area contributed by atoms with Gasteiger partial charge in [-0.2, -0.15) is 13.2 Å². The summed E-state index contributed by atoms with van der Waals surface area (Å²) in [7, 11) is 0. The fourth-order valence-electron chi connectivity index (χ4n) is 2.14. The SMILES string of the molecule is CCc1ccc(C(O)c2c(Br)ccc(C(F)(F)F)c2F)cc1. The summed E-state index contributed by atoms with van der Waals surface area (Å²) in [6, 6.07) is 8.39. The molecule has 1 nitrogen and oxygen atoms in total. The predicted octanol–water partition coefficient (Wildman–Crippen LogP) is 5.25. The van der Waals surface area contributed by atoms with Crippen molar-refractivity contribution in [3.63, 3.8) is 0 Å². The molecule has 2 rings (SSSR count). The highest BCUT2D eigenvalue weighted by atomic mass is 79.9. The smallest absolute Gasteiger partial charge is 0.384 e. The minimum absolute atomic E-state index is 0.0880. The van der Waals surface area contributed by atoms with Crippen molar-refractivity contribution in [2.45, 2.75) is 25.6 Å². The van der Waals surface area contributed by atoms with E-state index in [1.165, 1.54) is 0 Å². The number of aryl methyl sites for hydroxylation is 1. The first kappa shape index (κ1) is 17.0. The molecule has 0 aliphatic heterocycles. The van der Waals surface area contributed by atoms with Gasteiger partial charge in [0.05, 0.1) is 5.56 Å². The molecule has 2 aromatic rings. The number of benzene rings is 2. The molecule has 0 radical (unpaired) electrons. The van der Waals surface area contributed by atoms with E-state index in [-0.39, 0.29) is 4.47 Å². The molecule has 0 fully saturated rings. The second-order valence-corrected chi connectivity index (χ2v) is 5.67. The Balaban J connectivity index is 2.50. The molecule has 0 bridgehead atoms. The van der Waals surface area contributed by atoms with E-state index in [1.807, 2.05) is 6.92 Å². The molecule has 0 saturated heterocycles. The van der Waals surface area contributed by atoms with E-state index >= 15 is 0 Å². The summed E-state index contributed by atoms with van der Waals surface area (Å²) in [5, 5.41) is 10.3. The lowest BCUT2D eigenvalue weighted by Gasteiger charge is -2.18. The lowest BCUT2D eigenvalue weighted by atomic mass is 9.97. The summed E-state index contributed by atoms with van der Waals surface area (Å²) in [6.07, 6.45) is -5.51. The Kier molecular flexibility index (Phi) is 4.92. The van der Waals surface area contributed by atoms with Crippen LogP contribution in [0.1, 0.15) is 35.3 Å². The first-order valence-electron chi connectivity index (χ1n) is 6.57. The molecule has 0 amide bonds.